The number of methoxy groups -OCH3 is 1. The van der Waals surface area contributed by atoms with Gasteiger partial charge in [0.05, 0.1) is 13.0 Å². The molecule has 0 amide bonds. The average molecular weight is 347 g/mol. The van der Waals surface area contributed by atoms with E-state index in [1.54, 1.807) is 0 Å². The van der Waals surface area contributed by atoms with Crippen molar-refractivity contribution in [1.82, 2.24) is 4.90 Å². The molecule has 7 unspecified atom stereocenters. The van der Waals surface area contributed by atoms with Crippen molar-refractivity contribution in [1.29, 1.82) is 0 Å². The number of ether oxygens (including phenoxy) is 1. The van der Waals surface area contributed by atoms with E-state index in [4.69, 9.17) is 4.74 Å². The zero-order valence-electron chi connectivity index (χ0n) is 16.1. The standard InChI is InChI=1S/C21H33NO3/c1-20-11-9-15-13(14(20)6-7-16(20)19(24)25-4)5-8-17-21(15,2)12-10-18(23)22(17)3/h10,12-18,23H,5-9,11H2,1-4H3/t13?,14?,15?,16?,17-,18?,20?,21?/m1/s1. The van der Waals surface area contributed by atoms with Crippen molar-refractivity contribution in [3.8, 4) is 0 Å². The number of aliphatic hydroxyl groups is 1. The maximum atomic E-state index is 12.3. The van der Waals surface area contributed by atoms with Gasteiger partial charge in [-0.25, -0.2) is 0 Å². The van der Waals surface area contributed by atoms with Crippen LogP contribution in [0, 0.1) is 34.5 Å². The highest BCUT2D eigenvalue weighted by Crippen LogP contribution is 2.65. The maximum Gasteiger partial charge on any atom is 0.309 e. The molecule has 0 bridgehead atoms. The Hall–Kier alpha value is -0.870. The lowest BCUT2D eigenvalue weighted by atomic mass is 9.47. The van der Waals surface area contributed by atoms with E-state index in [2.05, 4.69) is 31.9 Å². The van der Waals surface area contributed by atoms with Crippen LogP contribution in [-0.2, 0) is 9.53 Å². The van der Waals surface area contributed by atoms with Crippen molar-refractivity contribution >= 4 is 5.97 Å². The van der Waals surface area contributed by atoms with Crippen molar-refractivity contribution in [2.45, 2.75) is 64.6 Å². The minimum Gasteiger partial charge on any atom is -0.469 e. The number of esters is 1. The molecule has 3 fully saturated rings. The molecule has 140 valence electrons. The van der Waals surface area contributed by atoms with Crippen LogP contribution in [0.2, 0.25) is 0 Å². The third-order valence-corrected chi connectivity index (χ3v) is 8.75. The first-order valence-electron chi connectivity index (χ1n) is 10.00. The Labute approximate surface area is 151 Å². The average Bonchev–Trinajstić information content (AvgIpc) is 2.95. The number of hydrogen-bond acceptors (Lipinski definition) is 4. The van der Waals surface area contributed by atoms with Crippen LogP contribution < -0.4 is 0 Å². The highest BCUT2D eigenvalue weighted by atomic mass is 16.5. The quantitative estimate of drug-likeness (QED) is 0.584. The Morgan fingerprint density at radius 1 is 1.16 bits per heavy atom. The van der Waals surface area contributed by atoms with Crippen molar-refractivity contribution < 1.29 is 14.6 Å². The molecule has 4 rings (SSSR count). The van der Waals surface area contributed by atoms with Crippen LogP contribution in [0.4, 0.5) is 0 Å². The third kappa shape index (κ3) is 2.29. The zero-order chi connectivity index (χ0) is 18.0. The lowest BCUT2D eigenvalue weighted by Crippen LogP contribution is -2.60. The molecule has 0 aromatic rings. The third-order valence-electron chi connectivity index (χ3n) is 8.75. The minimum absolute atomic E-state index is 0.00349. The first kappa shape index (κ1) is 17.5. The second-order valence-electron chi connectivity index (χ2n) is 9.47. The zero-order valence-corrected chi connectivity index (χ0v) is 16.1. The second-order valence-corrected chi connectivity index (χ2v) is 9.47. The highest BCUT2D eigenvalue weighted by molar-refractivity contribution is 5.73. The number of nitrogens with zero attached hydrogens (tertiary/aromatic N) is 1. The van der Waals surface area contributed by atoms with Crippen LogP contribution in [-0.4, -0.2) is 42.4 Å². The van der Waals surface area contributed by atoms with Crippen molar-refractivity contribution in [3.05, 3.63) is 12.2 Å². The largest absolute Gasteiger partial charge is 0.469 e. The fourth-order valence-electron chi connectivity index (χ4n) is 7.39. The molecule has 0 radical (unpaired) electrons. The minimum atomic E-state index is -0.446. The van der Waals surface area contributed by atoms with Gasteiger partial charge in [0.15, 0.2) is 0 Å². The Morgan fingerprint density at radius 2 is 1.92 bits per heavy atom. The lowest BCUT2D eigenvalue weighted by molar-refractivity contribution is -0.155. The number of carbonyl (C=O) groups is 1. The van der Waals surface area contributed by atoms with Crippen LogP contribution in [0.25, 0.3) is 0 Å². The molecule has 0 spiro atoms. The number of likely N-dealkylation sites (N-methyl/N-ethyl adjacent to an activating group) is 1. The first-order chi connectivity index (χ1) is 11.8. The highest BCUT2D eigenvalue weighted by Gasteiger charge is 2.61. The van der Waals surface area contributed by atoms with E-state index < -0.39 is 6.23 Å². The predicted molar refractivity (Wildman–Crippen MR) is 96.6 cm³/mol. The van der Waals surface area contributed by atoms with Gasteiger partial charge in [-0.3, -0.25) is 9.69 Å². The fourth-order valence-corrected chi connectivity index (χ4v) is 7.39. The molecule has 4 aliphatic rings. The van der Waals surface area contributed by atoms with Gasteiger partial charge in [0, 0.05) is 11.5 Å². The van der Waals surface area contributed by atoms with Gasteiger partial charge in [-0.15, -0.1) is 0 Å². The summed E-state index contributed by atoms with van der Waals surface area (Å²) in [6.07, 6.45) is 10.7. The Balaban J connectivity index is 1.64. The molecular formula is C21H33NO3. The van der Waals surface area contributed by atoms with Gasteiger partial charge in [-0.2, -0.15) is 0 Å². The van der Waals surface area contributed by atoms with Gasteiger partial charge in [-0.05, 0) is 74.8 Å². The summed E-state index contributed by atoms with van der Waals surface area (Å²) in [4.78, 5) is 14.5. The molecule has 1 N–H and O–H groups in total. The van der Waals surface area contributed by atoms with E-state index in [1.807, 2.05) is 6.08 Å². The predicted octanol–water partition coefficient (Wildman–Crippen LogP) is 3.21. The summed E-state index contributed by atoms with van der Waals surface area (Å²) in [6.45, 7) is 4.76. The lowest BCUT2D eigenvalue weighted by Gasteiger charge is -2.60. The molecule has 8 atom stereocenters. The Kier molecular flexibility index (Phi) is 4.08. The summed E-state index contributed by atoms with van der Waals surface area (Å²) in [5, 5.41) is 10.2. The first-order valence-corrected chi connectivity index (χ1v) is 10.00. The molecule has 0 aromatic carbocycles. The number of aliphatic hydroxyl groups excluding tert-OH is 1. The van der Waals surface area contributed by atoms with Gasteiger partial charge in [-0.1, -0.05) is 19.9 Å². The second kappa shape index (κ2) is 5.82. The van der Waals surface area contributed by atoms with Gasteiger partial charge in [0.1, 0.15) is 6.23 Å². The molecule has 1 aliphatic heterocycles. The molecule has 0 aromatic heterocycles. The van der Waals surface area contributed by atoms with E-state index in [0.717, 1.165) is 19.3 Å². The fraction of sp³-hybridized carbons (Fsp3) is 0.857. The summed E-state index contributed by atoms with van der Waals surface area (Å²) in [5.41, 5.74) is 0.253. The molecule has 1 heterocycles. The number of carbonyl (C=O) groups excluding carboxylic acids is 1. The molecule has 3 aliphatic carbocycles. The van der Waals surface area contributed by atoms with Crippen molar-refractivity contribution in [3.63, 3.8) is 0 Å². The van der Waals surface area contributed by atoms with E-state index in [9.17, 15) is 9.90 Å². The van der Waals surface area contributed by atoms with Crippen molar-refractivity contribution in [2.24, 2.45) is 34.5 Å². The summed E-state index contributed by atoms with van der Waals surface area (Å²) in [7, 11) is 3.60. The SMILES string of the molecule is COC(=O)C1CCC2C3CC[C@H]4N(C)C(O)C=CC4(C)C3CCC12C. The van der Waals surface area contributed by atoms with E-state index in [1.165, 1.54) is 26.4 Å². The Bertz CT molecular complexity index is 590. The topological polar surface area (TPSA) is 49.8 Å². The summed E-state index contributed by atoms with van der Waals surface area (Å²) in [6, 6.07) is 0.427. The smallest absolute Gasteiger partial charge is 0.309 e. The van der Waals surface area contributed by atoms with Crippen LogP contribution in [0.15, 0.2) is 12.2 Å². The number of rotatable bonds is 1. The van der Waals surface area contributed by atoms with E-state index in [-0.39, 0.29) is 22.7 Å². The summed E-state index contributed by atoms with van der Waals surface area (Å²) < 4.78 is 5.13. The normalized spacial score (nSPS) is 52.2. The van der Waals surface area contributed by atoms with Crippen LogP contribution in [0.3, 0.4) is 0 Å². The van der Waals surface area contributed by atoms with Gasteiger partial charge in [0.2, 0.25) is 0 Å². The molecule has 25 heavy (non-hydrogen) atoms. The summed E-state index contributed by atoms with van der Waals surface area (Å²) in [5.74, 6) is 2.08. The number of hydrogen-bond donors (Lipinski definition) is 1. The molecular weight excluding hydrogens is 314 g/mol. The summed E-state index contributed by atoms with van der Waals surface area (Å²) >= 11 is 0. The molecule has 4 heteroatoms. The van der Waals surface area contributed by atoms with E-state index >= 15 is 0 Å². The van der Waals surface area contributed by atoms with Gasteiger partial charge < -0.3 is 9.84 Å². The van der Waals surface area contributed by atoms with Crippen LogP contribution in [0.5, 0.6) is 0 Å². The Morgan fingerprint density at radius 3 is 2.64 bits per heavy atom. The van der Waals surface area contributed by atoms with Gasteiger partial charge in [0.25, 0.3) is 0 Å². The van der Waals surface area contributed by atoms with Crippen molar-refractivity contribution in [2.75, 3.05) is 14.2 Å². The van der Waals surface area contributed by atoms with Crippen LogP contribution >= 0.6 is 0 Å². The molecule has 0 saturated heterocycles. The maximum absolute atomic E-state index is 12.3. The number of fused-ring (bicyclic) bond motifs is 5. The molecule has 4 nitrogen and oxygen atoms in total. The monoisotopic (exact) mass is 347 g/mol. The van der Waals surface area contributed by atoms with E-state index in [0.29, 0.717) is 23.8 Å². The molecule has 3 saturated carbocycles. The van der Waals surface area contributed by atoms with Crippen LogP contribution in [0.1, 0.15) is 52.4 Å². The van der Waals surface area contributed by atoms with Gasteiger partial charge >= 0.3 is 5.97 Å².